The number of aliphatic carboxylic acids is 1. The summed E-state index contributed by atoms with van der Waals surface area (Å²) in [6, 6.07) is 4.61. The minimum atomic E-state index is -0.788. The Bertz CT molecular complexity index is 467. The van der Waals surface area contributed by atoms with Gasteiger partial charge in [0.1, 0.15) is 11.5 Å². The zero-order valence-corrected chi connectivity index (χ0v) is 11.6. The summed E-state index contributed by atoms with van der Waals surface area (Å²) < 4.78 is 4.96. The molecule has 0 fully saturated rings. The molecule has 0 aliphatic rings. The van der Waals surface area contributed by atoms with E-state index in [1.165, 1.54) is 13.2 Å². The number of phenols is 1. The lowest BCUT2D eigenvalue weighted by Crippen LogP contribution is -2.00. The molecule has 110 valence electrons. The SMILES string of the molecule is COc1ccc(C(=O)CCCCCCC(=O)O)c(O)c1. The van der Waals surface area contributed by atoms with Gasteiger partial charge in [0.05, 0.1) is 12.7 Å². The maximum Gasteiger partial charge on any atom is 0.303 e. The molecule has 0 unspecified atom stereocenters. The number of benzene rings is 1. The molecular formula is C15H20O5. The molecule has 5 nitrogen and oxygen atoms in total. The van der Waals surface area contributed by atoms with Crippen LogP contribution in [0, 0.1) is 0 Å². The largest absolute Gasteiger partial charge is 0.507 e. The van der Waals surface area contributed by atoms with Crippen molar-refractivity contribution in [1.82, 2.24) is 0 Å². The molecule has 5 heteroatoms. The van der Waals surface area contributed by atoms with Crippen LogP contribution >= 0.6 is 0 Å². The number of rotatable bonds is 9. The first-order chi connectivity index (χ1) is 9.54. The van der Waals surface area contributed by atoms with Crippen LogP contribution in [0.4, 0.5) is 0 Å². The number of carbonyl (C=O) groups excluding carboxylic acids is 1. The van der Waals surface area contributed by atoms with Gasteiger partial charge in [0.2, 0.25) is 0 Å². The second kappa shape index (κ2) is 8.19. The van der Waals surface area contributed by atoms with Crippen molar-refractivity contribution in [3.8, 4) is 11.5 Å². The molecule has 0 atom stereocenters. The average Bonchev–Trinajstić information content (AvgIpc) is 2.41. The van der Waals surface area contributed by atoms with Gasteiger partial charge in [-0.05, 0) is 25.0 Å². The fourth-order valence-corrected chi connectivity index (χ4v) is 1.92. The summed E-state index contributed by atoms with van der Waals surface area (Å²) in [6.07, 6.45) is 3.48. The minimum Gasteiger partial charge on any atom is -0.507 e. The average molecular weight is 280 g/mol. The lowest BCUT2D eigenvalue weighted by molar-refractivity contribution is -0.137. The van der Waals surface area contributed by atoms with Gasteiger partial charge in [0.15, 0.2) is 5.78 Å². The highest BCUT2D eigenvalue weighted by atomic mass is 16.5. The Morgan fingerprint density at radius 2 is 1.75 bits per heavy atom. The Hall–Kier alpha value is -2.04. The second-order valence-corrected chi connectivity index (χ2v) is 4.61. The molecule has 1 aromatic carbocycles. The zero-order chi connectivity index (χ0) is 15.0. The van der Waals surface area contributed by atoms with E-state index in [1.807, 2.05) is 0 Å². The normalized spacial score (nSPS) is 10.2. The third kappa shape index (κ3) is 5.30. The number of hydrogen-bond acceptors (Lipinski definition) is 4. The first-order valence-corrected chi connectivity index (χ1v) is 6.66. The molecular weight excluding hydrogens is 260 g/mol. The van der Waals surface area contributed by atoms with E-state index in [2.05, 4.69) is 0 Å². The fraction of sp³-hybridized carbons (Fsp3) is 0.467. The first-order valence-electron chi connectivity index (χ1n) is 6.66. The molecule has 20 heavy (non-hydrogen) atoms. The van der Waals surface area contributed by atoms with Crippen LogP contribution in [0.1, 0.15) is 48.9 Å². The second-order valence-electron chi connectivity index (χ2n) is 4.61. The number of aromatic hydroxyl groups is 1. The van der Waals surface area contributed by atoms with E-state index in [0.29, 0.717) is 30.6 Å². The van der Waals surface area contributed by atoms with E-state index >= 15 is 0 Å². The number of Topliss-reactive ketones (excluding diaryl/α,β-unsaturated/α-hetero) is 1. The number of carboxylic acid groups (broad SMARTS) is 1. The Morgan fingerprint density at radius 1 is 1.10 bits per heavy atom. The van der Waals surface area contributed by atoms with Crippen LogP contribution in [0.2, 0.25) is 0 Å². The maximum atomic E-state index is 11.9. The molecule has 0 amide bonds. The number of unbranched alkanes of at least 4 members (excludes halogenated alkanes) is 3. The van der Waals surface area contributed by atoms with E-state index in [1.54, 1.807) is 12.1 Å². The highest BCUT2D eigenvalue weighted by Crippen LogP contribution is 2.25. The molecule has 0 aromatic heterocycles. The molecule has 0 spiro atoms. The van der Waals surface area contributed by atoms with Gasteiger partial charge in [0.25, 0.3) is 0 Å². The van der Waals surface area contributed by atoms with Gasteiger partial charge in [0, 0.05) is 18.9 Å². The number of methoxy groups -OCH3 is 1. The van der Waals surface area contributed by atoms with Crippen molar-refractivity contribution in [2.75, 3.05) is 7.11 Å². The van der Waals surface area contributed by atoms with Gasteiger partial charge in [-0.15, -0.1) is 0 Å². The van der Waals surface area contributed by atoms with Crippen molar-refractivity contribution in [3.05, 3.63) is 23.8 Å². The van der Waals surface area contributed by atoms with Gasteiger partial charge < -0.3 is 14.9 Å². The highest BCUT2D eigenvalue weighted by molar-refractivity contribution is 5.98. The molecule has 0 saturated heterocycles. The Morgan fingerprint density at radius 3 is 2.30 bits per heavy atom. The third-order valence-corrected chi connectivity index (χ3v) is 3.05. The number of phenolic OH excluding ortho intramolecular Hbond substituents is 1. The highest BCUT2D eigenvalue weighted by Gasteiger charge is 2.11. The summed E-state index contributed by atoms with van der Waals surface area (Å²) in [7, 11) is 1.49. The molecule has 1 aromatic rings. The monoisotopic (exact) mass is 280 g/mol. The van der Waals surface area contributed by atoms with E-state index in [9.17, 15) is 14.7 Å². The van der Waals surface area contributed by atoms with E-state index in [-0.39, 0.29) is 18.0 Å². The molecule has 0 radical (unpaired) electrons. The first kappa shape index (κ1) is 16.0. The molecule has 0 saturated carbocycles. The van der Waals surface area contributed by atoms with E-state index in [0.717, 1.165) is 12.8 Å². The molecule has 0 heterocycles. The molecule has 1 rings (SSSR count). The van der Waals surface area contributed by atoms with Gasteiger partial charge in [-0.1, -0.05) is 12.8 Å². The van der Waals surface area contributed by atoms with Crippen LogP contribution in [-0.4, -0.2) is 29.1 Å². The van der Waals surface area contributed by atoms with Crippen LogP contribution in [0.5, 0.6) is 11.5 Å². The molecule has 0 bridgehead atoms. The van der Waals surface area contributed by atoms with Gasteiger partial charge >= 0.3 is 5.97 Å². The van der Waals surface area contributed by atoms with E-state index in [4.69, 9.17) is 9.84 Å². The number of hydrogen-bond donors (Lipinski definition) is 2. The van der Waals surface area contributed by atoms with Gasteiger partial charge in [-0.25, -0.2) is 0 Å². The van der Waals surface area contributed by atoms with Crippen molar-refractivity contribution in [3.63, 3.8) is 0 Å². The molecule has 0 aliphatic carbocycles. The van der Waals surface area contributed by atoms with Crippen LogP contribution in [0.25, 0.3) is 0 Å². The fourth-order valence-electron chi connectivity index (χ4n) is 1.92. The number of carboxylic acids is 1. The summed E-state index contributed by atoms with van der Waals surface area (Å²) in [6.45, 7) is 0. The maximum absolute atomic E-state index is 11.9. The third-order valence-electron chi connectivity index (χ3n) is 3.05. The summed E-state index contributed by atoms with van der Waals surface area (Å²) in [5, 5.41) is 18.2. The van der Waals surface area contributed by atoms with Crippen molar-refractivity contribution >= 4 is 11.8 Å². The quantitative estimate of drug-likeness (QED) is 0.536. The van der Waals surface area contributed by atoms with Crippen molar-refractivity contribution in [2.24, 2.45) is 0 Å². The summed E-state index contributed by atoms with van der Waals surface area (Å²) in [5.74, 6) is -0.458. The predicted molar refractivity (Wildman–Crippen MR) is 74.3 cm³/mol. The summed E-state index contributed by atoms with van der Waals surface area (Å²) in [5.41, 5.74) is 0.302. The lowest BCUT2D eigenvalue weighted by atomic mass is 10.0. The van der Waals surface area contributed by atoms with Crippen LogP contribution < -0.4 is 4.74 Å². The number of ether oxygens (including phenoxy) is 1. The standard InChI is InChI=1S/C15H20O5/c1-20-11-8-9-12(14(17)10-11)13(16)6-4-2-3-5-7-15(18)19/h8-10,17H,2-7H2,1H3,(H,18,19). The molecule has 0 aliphatic heterocycles. The molecule has 2 N–H and O–H groups in total. The van der Waals surface area contributed by atoms with Crippen LogP contribution in [0.3, 0.4) is 0 Å². The Kier molecular flexibility index (Phi) is 6.56. The predicted octanol–water partition coefficient (Wildman–Crippen LogP) is 3.01. The van der Waals surface area contributed by atoms with Crippen molar-refractivity contribution < 1.29 is 24.5 Å². The van der Waals surface area contributed by atoms with Crippen molar-refractivity contribution in [1.29, 1.82) is 0 Å². The topological polar surface area (TPSA) is 83.8 Å². The van der Waals surface area contributed by atoms with Crippen LogP contribution in [0.15, 0.2) is 18.2 Å². The Balaban J connectivity index is 2.34. The Labute approximate surface area is 118 Å². The lowest BCUT2D eigenvalue weighted by Gasteiger charge is -2.06. The zero-order valence-electron chi connectivity index (χ0n) is 11.6. The van der Waals surface area contributed by atoms with Crippen LogP contribution in [-0.2, 0) is 4.79 Å². The minimum absolute atomic E-state index is 0.0692. The number of carbonyl (C=O) groups is 2. The number of ketones is 1. The smallest absolute Gasteiger partial charge is 0.303 e. The summed E-state index contributed by atoms with van der Waals surface area (Å²) >= 11 is 0. The summed E-state index contributed by atoms with van der Waals surface area (Å²) in [4.78, 5) is 22.2. The van der Waals surface area contributed by atoms with Gasteiger partial charge in [-0.3, -0.25) is 9.59 Å². The van der Waals surface area contributed by atoms with Crippen molar-refractivity contribution in [2.45, 2.75) is 38.5 Å². The van der Waals surface area contributed by atoms with E-state index < -0.39 is 5.97 Å². The van der Waals surface area contributed by atoms with Gasteiger partial charge in [-0.2, -0.15) is 0 Å².